The molecule has 1 nitrogen and oxygen atoms in total. The first-order valence-electron chi connectivity index (χ1n) is 6.26. The molecule has 0 heterocycles. The van der Waals surface area contributed by atoms with Crippen LogP contribution in [0.2, 0.25) is 0 Å². The highest BCUT2D eigenvalue weighted by Crippen LogP contribution is 2.15. The molecule has 0 saturated carbocycles. The van der Waals surface area contributed by atoms with Gasteiger partial charge in [0, 0.05) is 6.54 Å². The zero-order valence-corrected chi connectivity index (χ0v) is 10.8. The Bertz CT molecular complexity index is 485. The van der Waals surface area contributed by atoms with E-state index in [1.807, 2.05) is 12.1 Å². The smallest absolute Gasteiger partial charge is 0.0506 e. The maximum absolute atomic E-state index is 3.91. The van der Waals surface area contributed by atoms with Crippen LogP contribution in [0.25, 0.3) is 0 Å². The minimum Gasteiger partial charge on any atom is -0.303 e. The monoisotopic (exact) mass is 237 g/mol. The number of nitrogens with one attached hydrogen (secondary N) is 1. The van der Waals surface area contributed by atoms with E-state index in [0.29, 0.717) is 0 Å². The van der Waals surface area contributed by atoms with Gasteiger partial charge in [0.25, 0.3) is 0 Å². The number of hydrogen-bond acceptors (Lipinski definition) is 1. The van der Waals surface area contributed by atoms with E-state index in [2.05, 4.69) is 67.4 Å². The molecule has 0 amide bonds. The highest BCUT2D eigenvalue weighted by molar-refractivity contribution is 5.27. The van der Waals surface area contributed by atoms with Crippen molar-refractivity contribution >= 4 is 0 Å². The van der Waals surface area contributed by atoms with Crippen LogP contribution in [0.15, 0.2) is 67.3 Å². The van der Waals surface area contributed by atoms with Gasteiger partial charge in [-0.25, -0.2) is 0 Å². The van der Waals surface area contributed by atoms with Crippen molar-refractivity contribution in [2.24, 2.45) is 0 Å². The van der Waals surface area contributed by atoms with Gasteiger partial charge in [-0.15, -0.1) is 6.58 Å². The van der Waals surface area contributed by atoms with Crippen molar-refractivity contribution in [2.75, 3.05) is 0 Å². The quantitative estimate of drug-likeness (QED) is 0.775. The predicted octanol–water partition coefficient (Wildman–Crippen LogP) is 4.01. The maximum Gasteiger partial charge on any atom is 0.0506 e. The average molecular weight is 237 g/mol. The molecule has 0 aliphatic carbocycles. The van der Waals surface area contributed by atoms with Gasteiger partial charge in [-0.2, -0.15) is 0 Å². The van der Waals surface area contributed by atoms with Crippen molar-refractivity contribution in [3.8, 4) is 0 Å². The van der Waals surface area contributed by atoms with E-state index < -0.39 is 0 Å². The van der Waals surface area contributed by atoms with E-state index in [4.69, 9.17) is 0 Å². The molecule has 18 heavy (non-hydrogen) atoms. The van der Waals surface area contributed by atoms with Crippen LogP contribution in [0, 0.1) is 6.92 Å². The fourth-order valence-corrected chi connectivity index (χ4v) is 1.93. The summed E-state index contributed by atoms with van der Waals surface area (Å²) in [5.41, 5.74) is 3.83. The van der Waals surface area contributed by atoms with E-state index in [1.54, 1.807) is 0 Å². The second kappa shape index (κ2) is 6.18. The molecule has 2 aromatic rings. The molecular formula is C17H19N. The van der Waals surface area contributed by atoms with Crippen LogP contribution in [0.4, 0.5) is 0 Å². The van der Waals surface area contributed by atoms with Gasteiger partial charge in [0.15, 0.2) is 0 Å². The minimum atomic E-state index is 0.200. The second-order valence-electron chi connectivity index (χ2n) is 4.49. The Labute approximate surface area is 109 Å². The molecular weight excluding hydrogens is 218 g/mol. The topological polar surface area (TPSA) is 12.0 Å². The number of aryl methyl sites for hydroxylation is 1. The molecule has 0 fully saturated rings. The summed E-state index contributed by atoms with van der Waals surface area (Å²) in [6.07, 6.45) is 1.95. The van der Waals surface area contributed by atoms with Gasteiger partial charge in [-0.1, -0.05) is 66.2 Å². The first kappa shape index (κ1) is 12.6. The van der Waals surface area contributed by atoms with Crippen molar-refractivity contribution in [1.29, 1.82) is 0 Å². The molecule has 1 unspecified atom stereocenters. The Hall–Kier alpha value is -1.86. The Morgan fingerprint density at radius 3 is 2.33 bits per heavy atom. The Morgan fingerprint density at radius 1 is 1.06 bits per heavy atom. The summed E-state index contributed by atoms with van der Waals surface area (Å²) in [5.74, 6) is 0. The summed E-state index contributed by atoms with van der Waals surface area (Å²) in [6.45, 7) is 6.86. The lowest BCUT2D eigenvalue weighted by atomic mass is 10.0. The number of rotatable bonds is 5. The predicted molar refractivity (Wildman–Crippen MR) is 77.4 cm³/mol. The third-order valence-corrected chi connectivity index (χ3v) is 3.04. The van der Waals surface area contributed by atoms with Crippen LogP contribution in [0.5, 0.6) is 0 Å². The van der Waals surface area contributed by atoms with Crippen LogP contribution in [-0.4, -0.2) is 0 Å². The van der Waals surface area contributed by atoms with Crippen LogP contribution in [0.3, 0.4) is 0 Å². The SMILES string of the molecule is C=CC(NCc1ccccc1)c1ccc(C)cc1. The third kappa shape index (κ3) is 3.31. The molecule has 0 radical (unpaired) electrons. The largest absolute Gasteiger partial charge is 0.303 e. The van der Waals surface area contributed by atoms with Crippen LogP contribution in [-0.2, 0) is 6.54 Å². The van der Waals surface area contributed by atoms with Gasteiger partial charge in [0.1, 0.15) is 0 Å². The normalized spacial score (nSPS) is 12.1. The Kier molecular flexibility index (Phi) is 4.32. The Balaban J connectivity index is 2.02. The van der Waals surface area contributed by atoms with Crippen molar-refractivity contribution in [3.05, 3.63) is 83.9 Å². The van der Waals surface area contributed by atoms with E-state index in [9.17, 15) is 0 Å². The Morgan fingerprint density at radius 2 is 1.72 bits per heavy atom. The summed E-state index contributed by atoms with van der Waals surface area (Å²) in [4.78, 5) is 0. The van der Waals surface area contributed by atoms with Crippen molar-refractivity contribution < 1.29 is 0 Å². The first-order chi connectivity index (χ1) is 8.79. The lowest BCUT2D eigenvalue weighted by Crippen LogP contribution is -2.18. The van der Waals surface area contributed by atoms with Crippen LogP contribution < -0.4 is 5.32 Å². The van der Waals surface area contributed by atoms with E-state index in [0.717, 1.165) is 6.54 Å². The zero-order valence-electron chi connectivity index (χ0n) is 10.8. The maximum atomic E-state index is 3.91. The van der Waals surface area contributed by atoms with Crippen molar-refractivity contribution in [1.82, 2.24) is 5.32 Å². The fourth-order valence-electron chi connectivity index (χ4n) is 1.93. The van der Waals surface area contributed by atoms with Gasteiger partial charge < -0.3 is 5.32 Å². The molecule has 0 aliphatic heterocycles. The molecule has 1 N–H and O–H groups in total. The standard InChI is InChI=1S/C17H19N/c1-3-17(16-11-9-14(2)10-12-16)18-13-15-7-5-4-6-8-15/h3-12,17-18H,1,13H2,2H3. The van der Waals surface area contributed by atoms with Crippen LogP contribution in [0.1, 0.15) is 22.7 Å². The first-order valence-corrected chi connectivity index (χ1v) is 6.26. The summed E-state index contributed by atoms with van der Waals surface area (Å²) >= 11 is 0. The van der Waals surface area contributed by atoms with E-state index >= 15 is 0 Å². The fraction of sp³-hybridized carbons (Fsp3) is 0.176. The van der Waals surface area contributed by atoms with Gasteiger partial charge in [-0.05, 0) is 18.1 Å². The summed E-state index contributed by atoms with van der Waals surface area (Å²) in [6, 6.07) is 19.2. The van der Waals surface area contributed by atoms with Gasteiger partial charge in [0.2, 0.25) is 0 Å². The number of hydrogen-bond donors (Lipinski definition) is 1. The van der Waals surface area contributed by atoms with Gasteiger partial charge in [0.05, 0.1) is 6.04 Å². The van der Waals surface area contributed by atoms with Gasteiger partial charge >= 0.3 is 0 Å². The number of benzene rings is 2. The lowest BCUT2D eigenvalue weighted by molar-refractivity contribution is 0.622. The minimum absolute atomic E-state index is 0.200. The van der Waals surface area contributed by atoms with E-state index in [-0.39, 0.29) is 6.04 Å². The molecule has 0 saturated heterocycles. The molecule has 0 aromatic heterocycles. The average Bonchev–Trinajstić information content (AvgIpc) is 2.42. The molecule has 1 heteroatoms. The molecule has 0 bridgehead atoms. The highest BCUT2D eigenvalue weighted by atomic mass is 14.9. The van der Waals surface area contributed by atoms with Gasteiger partial charge in [-0.3, -0.25) is 0 Å². The molecule has 0 aliphatic rings. The lowest BCUT2D eigenvalue weighted by Gasteiger charge is -2.15. The summed E-state index contributed by atoms with van der Waals surface area (Å²) < 4.78 is 0. The highest BCUT2D eigenvalue weighted by Gasteiger charge is 2.05. The summed E-state index contributed by atoms with van der Waals surface area (Å²) in [5, 5.41) is 3.50. The molecule has 2 aromatic carbocycles. The molecule has 1 atom stereocenters. The molecule has 0 spiro atoms. The van der Waals surface area contributed by atoms with E-state index in [1.165, 1.54) is 16.7 Å². The van der Waals surface area contributed by atoms with Crippen molar-refractivity contribution in [3.63, 3.8) is 0 Å². The molecule has 92 valence electrons. The zero-order chi connectivity index (χ0) is 12.8. The summed E-state index contributed by atoms with van der Waals surface area (Å²) in [7, 11) is 0. The van der Waals surface area contributed by atoms with Crippen LogP contribution >= 0.6 is 0 Å². The third-order valence-electron chi connectivity index (χ3n) is 3.04. The van der Waals surface area contributed by atoms with Crippen molar-refractivity contribution in [2.45, 2.75) is 19.5 Å². The molecule has 2 rings (SSSR count). The second-order valence-corrected chi connectivity index (χ2v) is 4.49.